The number of ether oxygens (including phenoxy) is 2. The van der Waals surface area contributed by atoms with E-state index in [1.807, 2.05) is 11.0 Å². The summed E-state index contributed by atoms with van der Waals surface area (Å²) in [5, 5.41) is 7.64. The first-order valence-corrected chi connectivity index (χ1v) is 7.38. The summed E-state index contributed by atoms with van der Waals surface area (Å²) in [6.45, 7) is 3.33. The van der Waals surface area contributed by atoms with Crippen LogP contribution in [0.4, 0.5) is 0 Å². The molecule has 0 aromatic carbocycles. The van der Waals surface area contributed by atoms with Crippen molar-refractivity contribution in [3.8, 4) is 0 Å². The highest BCUT2D eigenvalue weighted by atomic mass is 16.5. The topological polar surface area (TPSA) is 80.3 Å². The third kappa shape index (κ3) is 2.00. The summed E-state index contributed by atoms with van der Waals surface area (Å²) in [5.41, 5.74) is 1.02. The van der Waals surface area contributed by atoms with E-state index in [1.54, 1.807) is 19.4 Å². The monoisotopic (exact) mass is 302 g/mol. The first kappa shape index (κ1) is 13.7. The number of aromatic nitrogens is 3. The molecule has 4 heterocycles. The maximum absolute atomic E-state index is 12.7. The summed E-state index contributed by atoms with van der Waals surface area (Å²) in [6, 6.07) is 3.62. The van der Waals surface area contributed by atoms with Gasteiger partial charge in [0.2, 0.25) is 0 Å². The van der Waals surface area contributed by atoms with Gasteiger partial charge in [0.15, 0.2) is 5.65 Å². The van der Waals surface area contributed by atoms with Gasteiger partial charge < -0.3 is 14.4 Å². The molecule has 4 rings (SSSR count). The second-order valence-electron chi connectivity index (χ2n) is 6.20. The standard InChI is InChI=1S/C15H18N4O3/c1-21-8-15-7-19(5-11(15)6-22-9-15)14(20)12-3-2-10-4-16-18-13(10)17-12/h2-4,11H,5-9H2,1H3,(H,16,17,18)/t11-,15-/m0/s1. The number of nitrogens with zero attached hydrogens (tertiary/aromatic N) is 3. The Kier molecular flexibility index (Phi) is 3.12. The number of likely N-dealkylation sites (tertiary alicyclic amines) is 1. The molecule has 0 spiro atoms. The summed E-state index contributed by atoms with van der Waals surface area (Å²) in [6.07, 6.45) is 1.70. The van der Waals surface area contributed by atoms with Crippen LogP contribution in [0.5, 0.6) is 0 Å². The van der Waals surface area contributed by atoms with Crippen LogP contribution in [0.1, 0.15) is 10.5 Å². The van der Waals surface area contributed by atoms with E-state index in [0.29, 0.717) is 50.2 Å². The van der Waals surface area contributed by atoms with Crippen LogP contribution >= 0.6 is 0 Å². The van der Waals surface area contributed by atoms with Crippen molar-refractivity contribution in [1.29, 1.82) is 0 Å². The zero-order chi connectivity index (χ0) is 15.2. The second-order valence-corrected chi connectivity index (χ2v) is 6.20. The highest BCUT2D eigenvalue weighted by molar-refractivity contribution is 5.94. The van der Waals surface area contributed by atoms with Crippen LogP contribution in [0.15, 0.2) is 18.3 Å². The molecule has 2 aliphatic rings. The number of nitrogens with one attached hydrogen (secondary N) is 1. The van der Waals surface area contributed by atoms with Crippen molar-refractivity contribution >= 4 is 16.9 Å². The Morgan fingerprint density at radius 2 is 2.50 bits per heavy atom. The van der Waals surface area contributed by atoms with E-state index in [1.165, 1.54) is 0 Å². The summed E-state index contributed by atoms with van der Waals surface area (Å²) in [4.78, 5) is 19.0. The van der Waals surface area contributed by atoms with E-state index in [0.717, 1.165) is 5.39 Å². The minimum Gasteiger partial charge on any atom is -0.384 e. The van der Waals surface area contributed by atoms with Crippen molar-refractivity contribution in [2.45, 2.75) is 0 Å². The average Bonchev–Trinajstić information content (AvgIpc) is 3.18. The lowest BCUT2D eigenvalue weighted by molar-refractivity contribution is 0.0487. The van der Waals surface area contributed by atoms with Crippen LogP contribution in [0.3, 0.4) is 0 Å². The zero-order valence-electron chi connectivity index (χ0n) is 12.4. The van der Waals surface area contributed by atoms with Crippen LogP contribution in [0.2, 0.25) is 0 Å². The van der Waals surface area contributed by atoms with E-state index in [4.69, 9.17) is 9.47 Å². The van der Waals surface area contributed by atoms with E-state index >= 15 is 0 Å². The van der Waals surface area contributed by atoms with Gasteiger partial charge in [0.25, 0.3) is 5.91 Å². The smallest absolute Gasteiger partial charge is 0.272 e. The lowest BCUT2D eigenvalue weighted by Crippen LogP contribution is -2.37. The lowest BCUT2D eigenvalue weighted by atomic mass is 9.82. The van der Waals surface area contributed by atoms with Gasteiger partial charge in [0.1, 0.15) is 5.69 Å². The van der Waals surface area contributed by atoms with Crippen LogP contribution in [-0.4, -0.2) is 66.0 Å². The number of rotatable bonds is 3. The van der Waals surface area contributed by atoms with Crippen molar-refractivity contribution in [2.24, 2.45) is 11.3 Å². The number of carbonyl (C=O) groups excluding carboxylic acids is 1. The van der Waals surface area contributed by atoms with E-state index in [-0.39, 0.29) is 11.3 Å². The molecule has 7 heteroatoms. The Morgan fingerprint density at radius 3 is 3.36 bits per heavy atom. The Labute approximate surface area is 127 Å². The van der Waals surface area contributed by atoms with Crippen LogP contribution in [0, 0.1) is 11.3 Å². The highest BCUT2D eigenvalue weighted by Gasteiger charge is 2.52. The predicted octanol–water partition coefficient (Wildman–Crippen LogP) is 0.693. The normalized spacial score (nSPS) is 27.5. The quantitative estimate of drug-likeness (QED) is 0.902. The number of carbonyl (C=O) groups is 1. The number of fused-ring (bicyclic) bond motifs is 2. The Hall–Kier alpha value is -1.99. The first-order valence-electron chi connectivity index (χ1n) is 7.38. The second kappa shape index (κ2) is 5.03. The molecule has 2 aliphatic heterocycles. The van der Waals surface area contributed by atoms with Gasteiger partial charge >= 0.3 is 0 Å². The maximum Gasteiger partial charge on any atom is 0.272 e. The van der Waals surface area contributed by atoms with Gasteiger partial charge in [-0.3, -0.25) is 9.89 Å². The number of hydrogen-bond acceptors (Lipinski definition) is 5. The van der Waals surface area contributed by atoms with Gasteiger partial charge in [-0.25, -0.2) is 4.98 Å². The molecule has 22 heavy (non-hydrogen) atoms. The molecule has 0 bridgehead atoms. The van der Waals surface area contributed by atoms with Gasteiger partial charge in [-0.05, 0) is 12.1 Å². The number of amides is 1. The van der Waals surface area contributed by atoms with Crippen molar-refractivity contribution < 1.29 is 14.3 Å². The Bertz CT molecular complexity index is 716. The number of aromatic amines is 1. The summed E-state index contributed by atoms with van der Waals surface area (Å²) in [5.74, 6) is 0.300. The van der Waals surface area contributed by atoms with Gasteiger partial charge in [0.05, 0.1) is 26.0 Å². The number of hydrogen-bond donors (Lipinski definition) is 1. The Morgan fingerprint density at radius 1 is 1.59 bits per heavy atom. The fourth-order valence-corrected chi connectivity index (χ4v) is 3.59. The Balaban J connectivity index is 1.58. The van der Waals surface area contributed by atoms with Crippen LogP contribution in [-0.2, 0) is 9.47 Å². The fourth-order valence-electron chi connectivity index (χ4n) is 3.59. The fraction of sp³-hybridized carbons (Fsp3) is 0.533. The molecule has 0 aliphatic carbocycles. The lowest BCUT2D eigenvalue weighted by Gasteiger charge is -2.25. The van der Waals surface area contributed by atoms with Gasteiger partial charge in [-0.1, -0.05) is 0 Å². The molecule has 2 aromatic heterocycles. The molecule has 2 saturated heterocycles. The highest BCUT2D eigenvalue weighted by Crippen LogP contribution is 2.41. The van der Waals surface area contributed by atoms with Gasteiger partial charge in [-0.15, -0.1) is 0 Å². The minimum atomic E-state index is -0.0670. The van der Waals surface area contributed by atoms with Crippen molar-refractivity contribution in [3.05, 3.63) is 24.0 Å². The molecule has 1 amide bonds. The molecule has 1 N–H and O–H groups in total. The molecular formula is C15H18N4O3. The van der Waals surface area contributed by atoms with Crippen LogP contribution in [0.25, 0.3) is 11.0 Å². The molecule has 2 atom stereocenters. The molecule has 7 nitrogen and oxygen atoms in total. The predicted molar refractivity (Wildman–Crippen MR) is 78.4 cm³/mol. The zero-order valence-corrected chi connectivity index (χ0v) is 12.4. The molecular weight excluding hydrogens is 284 g/mol. The van der Waals surface area contributed by atoms with E-state index < -0.39 is 0 Å². The van der Waals surface area contributed by atoms with E-state index in [2.05, 4.69) is 15.2 Å². The van der Waals surface area contributed by atoms with Crippen molar-refractivity contribution in [3.63, 3.8) is 0 Å². The molecule has 0 unspecified atom stereocenters. The molecule has 0 radical (unpaired) electrons. The average molecular weight is 302 g/mol. The molecule has 2 aromatic rings. The molecule has 116 valence electrons. The van der Waals surface area contributed by atoms with E-state index in [9.17, 15) is 4.79 Å². The third-order valence-corrected chi connectivity index (χ3v) is 4.76. The largest absolute Gasteiger partial charge is 0.384 e. The first-order chi connectivity index (χ1) is 10.7. The summed E-state index contributed by atoms with van der Waals surface area (Å²) in [7, 11) is 1.70. The minimum absolute atomic E-state index is 0.0404. The van der Waals surface area contributed by atoms with Crippen molar-refractivity contribution in [1.82, 2.24) is 20.1 Å². The maximum atomic E-state index is 12.7. The van der Waals surface area contributed by atoms with Gasteiger partial charge in [-0.2, -0.15) is 5.10 Å². The number of methoxy groups -OCH3 is 1. The third-order valence-electron chi connectivity index (χ3n) is 4.76. The van der Waals surface area contributed by atoms with Crippen molar-refractivity contribution in [2.75, 3.05) is 40.0 Å². The van der Waals surface area contributed by atoms with Gasteiger partial charge in [0, 0.05) is 36.9 Å². The number of H-pyrrole nitrogens is 1. The molecule has 0 saturated carbocycles. The summed E-state index contributed by atoms with van der Waals surface area (Å²) < 4.78 is 11.0. The number of pyridine rings is 1. The SMILES string of the molecule is COC[C@@]12COC[C@@H]1CN(C(=O)c1ccc3cn[nH]c3n1)C2. The molecule has 2 fully saturated rings. The summed E-state index contributed by atoms with van der Waals surface area (Å²) >= 11 is 0. The van der Waals surface area contributed by atoms with Crippen LogP contribution < -0.4 is 0 Å².